The second-order valence-corrected chi connectivity index (χ2v) is 8.75. The number of ether oxygens (including phenoxy) is 1. The Labute approximate surface area is 200 Å². The zero-order valence-corrected chi connectivity index (χ0v) is 19.8. The summed E-state index contributed by atoms with van der Waals surface area (Å²) in [5.41, 5.74) is 6.52. The number of amides is 2. The van der Waals surface area contributed by atoms with Crippen molar-refractivity contribution in [1.29, 1.82) is 0 Å². The van der Waals surface area contributed by atoms with Gasteiger partial charge in [-0.1, -0.05) is 48.5 Å². The van der Waals surface area contributed by atoms with Crippen LogP contribution in [0.1, 0.15) is 35.6 Å². The molecule has 2 amide bonds. The van der Waals surface area contributed by atoms with E-state index >= 15 is 0 Å². The number of hydrogen-bond donors (Lipinski definition) is 0. The summed E-state index contributed by atoms with van der Waals surface area (Å²) in [7, 11) is 0. The number of nitrogens with zero attached hydrogens (tertiary/aromatic N) is 2. The van der Waals surface area contributed by atoms with Crippen LogP contribution >= 0.6 is 0 Å². The molecule has 0 atom stereocenters. The van der Waals surface area contributed by atoms with Crippen molar-refractivity contribution in [3.63, 3.8) is 0 Å². The van der Waals surface area contributed by atoms with Gasteiger partial charge in [0.15, 0.2) is 0 Å². The van der Waals surface area contributed by atoms with Crippen molar-refractivity contribution in [3.8, 4) is 5.75 Å². The largest absolute Gasteiger partial charge is 0.492 e. The molecule has 0 radical (unpaired) electrons. The van der Waals surface area contributed by atoms with Crippen LogP contribution in [0.15, 0.2) is 72.4 Å². The molecule has 2 heterocycles. The quantitative estimate of drug-likeness (QED) is 0.484. The number of aryl methyl sites for hydroxylation is 3. The van der Waals surface area contributed by atoms with E-state index in [1.54, 1.807) is 12.1 Å². The number of anilines is 2. The molecule has 0 aromatic heterocycles. The first-order chi connectivity index (χ1) is 16.5. The molecule has 5 heteroatoms. The second kappa shape index (κ2) is 8.82. The fraction of sp³-hybridized carbons (Fsp3) is 0.241. The number of hydrogen-bond acceptors (Lipinski definition) is 4. The molecule has 0 unspecified atom stereocenters. The van der Waals surface area contributed by atoms with E-state index in [0.717, 1.165) is 35.2 Å². The fourth-order valence-electron chi connectivity index (χ4n) is 4.83. The van der Waals surface area contributed by atoms with E-state index in [9.17, 15) is 9.59 Å². The maximum atomic E-state index is 14.1. The molecule has 0 saturated carbocycles. The van der Waals surface area contributed by atoms with Gasteiger partial charge in [-0.05, 0) is 74.1 Å². The third-order valence-electron chi connectivity index (χ3n) is 6.64. The topological polar surface area (TPSA) is 49.9 Å². The molecule has 5 rings (SSSR count). The smallest absolute Gasteiger partial charge is 0.282 e. The molecule has 0 aliphatic carbocycles. The van der Waals surface area contributed by atoms with Gasteiger partial charge < -0.3 is 9.64 Å². The van der Waals surface area contributed by atoms with Crippen LogP contribution in [0.25, 0.3) is 5.57 Å². The fourth-order valence-corrected chi connectivity index (χ4v) is 4.83. The molecule has 0 spiro atoms. The summed E-state index contributed by atoms with van der Waals surface area (Å²) < 4.78 is 5.78. The third kappa shape index (κ3) is 3.58. The minimum Gasteiger partial charge on any atom is -0.492 e. The molecule has 3 aromatic carbocycles. The van der Waals surface area contributed by atoms with E-state index in [0.29, 0.717) is 35.9 Å². The summed E-state index contributed by atoms with van der Waals surface area (Å²) in [6.45, 7) is 7.08. The lowest BCUT2D eigenvalue weighted by atomic mass is 9.97. The van der Waals surface area contributed by atoms with Crippen LogP contribution in [0.4, 0.5) is 11.4 Å². The van der Waals surface area contributed by atoms with Gasteiger partial charge in [0, 0.05) is 12.2 Å². The maximum Gasteiger partial charge on any atom is 0.282 e. The number of rotatable bonds is 5. The first-order valence-corrected chi connectivity index (χ1v) is 11.8. The van der Waals surface area contributed by atoms with Crippen LogP contribution in [-0.2, 0) is 16.0 Å². The van der Waals surface area contributed by atoms with Gasteiger partial charge in [0.25, 0.3) is 11.8 Å². The molecular formula is C29H28N2O3. The number of fused-ring (bicyclic) bond motifs is 1. The molecule has 2 aliphatic heterocycles. The zero-order chi connectivity index (χ0) is 23.8. The molecule has 172 valence electrons. The SMILES string of the molecule is CCOc1ccccc1N1C(=O)C(c2ccc(C)c(C)c2)=C(N2CCCc3ccccc32)C1=O. The number of carbonyl (C=O) groups excluding carboxylic acids is 2. The zero-order valence-electron chi connectivity index (χ0n) is 19.8. The Bertz CT molecular complexity index is 1320. The minimum atomic E-state index is -0.321. The molecule has 0 saturated heterocycles. The normalized spacial score (nSPS) is 15.7. The summed E-state index contributed by atoms with van der Waals surface area (Å²) >= 11 is 0. The monoisotopic (exact) mass is 452 g/mol. The first kappa shape index (κ1) is 22.0. The molecule has 5 nitrogen and oxygen atoms in total. The van der Waals surface area contributed by atoms with Crippen LogP contribution < -0.4 is 14.5 Å². The van der Waals surface area contributed by atoms with Crippen LogP contribution in [0.2, 0.25) is 0 Å². The summed E-state index contributed by atoms with van der Waals surface area (Å²) in [4.78, 5) is 31.4. The van der Waals surface area contributed by atoms with E-state index < -0.39 is 0 Å². The Morgan fingerprint density at radius 3 is 2.35 bits per heavy atom. The lowest BCUT2D eigenvalue weighted by Gasteiger charge is -2.32. The average Bonchev–Trinajstić information content (AvgIpc) is 3.10. The van der Waals surface area contributed by atoms with Crippen molar-refractivity contribution in [2.75, 3.05) is 23.0 Å². The van der Waals surface area contributed by atoms with Crippen molar-refractivity contribution in [2.24, 2.45) is 0 Å². The van der Waals surface area contributed by atoms with E-state index in [1.807, 2.05) is 74.2 Å². The summed E-state index contributed by atoms with van der Waals surface area (Å²) in [5, 5.41) is 0. The van der Waals surface area contributed by atoms with Crippen molar-refractivity contribution in [3.05, 3.63) is 94.7 Å². The van der Waals surface area contributed by atoms with Gasteiger partial charge in [0.1, 0.15) is 11.4 Å². The van der Waals surface area contributed by atoms with Crippen molar-refractivity contribution in [1.82, 2.24) is 0 Å². The molecule has 0 bridgehead atoms. The van der Waals surface area contributed by atoms with Crippen LogP contribution in [0.5, 0.6) is 5.75 Å². The van der Waals surface area contributed by atoms with Crippen LogP contribution in [0.3, 0.4) is 0 Å². The van der Waals surface area contributed by atoms with Gasteiger partial charge in [0.2, 0.25) is 0 Å². The van der Waals surface area contributed by atoms with Crippen molar-refractivity contribution >= 4 is 28.8 Å². The lowest BCUT2D eigenvalue weighted by Crippen LogP contribution is -2.37. The molecule has 0 fully saturated rings. The lowest BCUT2D eigenvalue weighted by molar-refractivity contribution is -0.120. The van der Waals surface area contributed by atoms with Gasteiger partial charge in [-0.2, -0.15) is 0 Å². The number of imide groups is 1. The molecule has 34 heavy (non-hydrogen) atoms. The predicted molar refractivity (Wildman–Crippen MR) is 135 cm³/mol. The van der Waals surface area contributed by atoms with Crippen LogP contribution in [-0.4, -0.2) is 25.0 Å². The van der Waals surface area contributed by atoms with E-state index in [4.69, 9.17) is 4.74 Å². The Hall–Kier alpha value is -3.86. The number of benzene rings is 3. The first-order valence-electron chi connectivity index (χ1n) is 11.8. The van der Waals surface area contributed by atoms with E-state index in [1.165, 1.54) is 10.5 Å². The molecule has 2 aliphatic rings. The van der Waals surface area contributed by atoms with Crippen molar-refractivity contribution < 1.29 is 14.3 Å². The van der Waals surface area contributed by atoms with Gasteiger partial charge in [-0.25, -0.2) is 4.90 Å². The molecule has 3 aromatic rings. The summed E-state index contributed by atoms with van der Waals surface area (Å²) in [5.74, 6) is -0.119. The standard InChI is InChI=1S/C29H28N2O3/c1-4-34-25-14-8-7-13-24(25)31-28(32)26(22-16-15-19(2)20(3)18-22)27(29(31)33)30-17-9-11-21-10-5-6-12-23(21)30/h5-8,10,12-16,18H,4,9,11,17H2,1-3H3. The van der Waals surface area contributed by atoms with E-state index in [-0.39, 0.29) is 11.8 Å². The third-order valence-corrected chi connectivity index (χ3v) is 6.64. The highest BCUT2D eigenvalue weighted by Gasteiger charge is 2.44. The van der Waals surface area contributed by atoms with Crippen LogP contribution in [0, 0.1) is 13.8 Å². The minimum absolute atomic E-state index is 0.318. The van der Waals surface area contributed by atoms with Gasteiger partial charge in [-0.15, -0.1) is 0 Å². The molecular weight excluding hydrogens is 424 g/mol. The highest BCUT2D eigenvalue weighted by atomic mass is 16.5. The Kier molecular flexibility index (Phi) is 5.70. The number of carbonyl (C=O) groups is 2. The maximum absolute atomic E-state index is 14.1. The number of para-hydroxylation sites is 3. The predicted octanol–water partition coefficient (Wildman–Crippen LogP) is 5.44. The summed E-state index contributed by atoms with van der Waals surface area (Å²) in [6, 6.07) is 21.3. The average molecular weight is 453 g/mol. The second-order valence-electron chi connectivity index (χ2n) is 8.75. The Morgan fingerprint density at radius 2 is 1.59 bits per heavy atom. The van der Waals surface area contributed by atoms with Gasteiger partial charge in [0.05, 0.1) is 17.9 Å². The molecule has 0 N–H and O–H groups in total. The van der Waals surface area contributed by atoms with Gasteiger partial charge >= 0.3 is 0 Å². The van der Waals surface area contributed by atoms with Gasteiger partial charge in [-0.3, -0.25) is 9.59 Å². The van der Waals surface area contributed by atoms with E-state index in [2.05, 4.69) is 6.07 Å². The highest BCUT2D eigenvalue weighted by molar-refractivity contribution is 6.46. The Morgan fingerprint density at radius 1 is 0.853 bits per heavy atom. The highest BCUT2D eigenvalue weighted by Crippen LogP contribution is 2.41. The Balaban J connectivity index is 1.71. The summed E-state index contributed by atoms with van der Waals surface area (Å²) in [6.07, 6.45) is 1.87. The van der Waals surface area contributed by atoms with Crippen molar-refractivity contribution in [2.45, 2.75) is 33.6 Å².